The van der Waals surface area contributed by atoms with Crippen LogP contribution in [0.5, 0.6) is 0 Å². The molecule has 1 heterocycles. The van der Waals surface area contributed by atoms with E-state index < -0.39 is 0 Å². The van der Waals surface area contributed by atoms with Crippen molar-refractivity contribution in [2.45, 2.75) is 32.0 Å². The van der Waals surface area contributed by atoms with E-state index in [0.717, 1.165) is 12.8 Å². The summed E-state index contributed by atoms with van der Waals surface area (Å²) in [6, 6.07) is 0. The van der Waals surface area contributed by atoms with Gasteiger partial charge in [0.05, 0.1) is 25.4 Å². The van der Waals surface area contributed by atoms with Gasteiger partial charge in [-0.3, -0.25) is 0 Å². The van der Waals surface area contributed by atoms with Gasteiger partial charge in [-0.2, -0.15) is 0 Å². The van der Waals surface area contributed by atoms with Crippen molar-refractivity contribution in [2.24, 2.45) is 0 Å². The second kappa shape index (κ2) is 4.38. The highest BCUT2D eigenvalue weighted by molar-refractivity contribution is 4.86. The van der Waals surface area contributed by atoms with Crippen LogP contribution in [0.2, 0.25) is 0 Å². The van der Waals surface area contributed by atoms with Gasteiger partial charge in [0.1, 0.15) is 0 Å². The van der Waals surface area contributed by atoms with Crippen LogP contribution in [0.1, 0.15) is 19.8 Å². The Morgan fingerprint density at radius 2 is 2.18 bits per heavy atom. The third kappa shape index (κ3) is 2.53. The lowest BCUT2D eigenvalue weighted by Gasteiger charge is -2.28. The van der Waals surface area contributed by atoms with Crippen LogP contribution < -0.4 is 0 Å². The van der Waals surface area contributed by atoms with Crippen molar-refractivity contribution in [1.29, 1.82) is 0 Å². The minimum absolute atomic E-state index is 0.206. The van der Waals surface area contributed by atoms with Crippen molar-refractivity contribution >= 4 is 0 Å². The molecule has 0 saturated carbocycles. The Balaban J connectivity index is 2.25. The van der Waals surface area contributed by atoms with Crippen LogP contribution in [-0.2, 0) is 9.47 Å². The zero-order valence-electron chi connectivity index (χ0n) is 6.88. The van der Waals surface area contributed by atoms with Gasteiger partial charge in [0.25, 0.3) is 0 Å². The molecule has 0 amide bonds. The first-order chi connectivity index (χ1) is 5.34. The third-order valence-corrected chi connectivity index (χ3v) is 1.89. The Morgan fingerprint density at radius 3 is 2.82 bits per heavy atom. The maximum atomic E-state index is 5.47. The Hall–Kier alpha value is -0.520. The standard InChI is InChI=1S/C9H14O2/c1-3-4-5-9-8(2)10-6-7-11-9/h1,8-9H,4-7H2,2H3. The molecule has 0 aromatic heterocycles. The molecule has 0 N–H and O–H groups in total. The van der Waals surface area contributed by atoms with E-state index in [-0.39, 0.29) is 12.2 Å². The third-order valence-electron chi connectivity index (χ3n) is 1.89. The minimum Gasteiger partial charge on any atom is -0.373 e. The molecule has 0 bridgehead atoms. The van der Waals surface area contributed by atoms with Gasteiger partial charge in [-0.25, -0.2) is 0 Å². The van der Waals surface area contributed by atoms with Gasteiger partial charge in [-0.15, -0.1) is 12.3 Å². The molecule has 1 aliphatic heterocycles. The molecule has 1 aliphatic rings. The van der Waals surface area contributed by atoms with Crippen molar-refractivity contribution in [1.82, 2.24) is 0 Å². The van der Waals surface area contributed by atoms with Gasteiger partial charge in [0.15, 0.2) is 0 Å². The highest BCUT2D eigenvalue weighted by Crippen LogP contribution is 2.13. The van der Waals surface area contributed by atoms with Crippen LogP contribution in [0.15, 0.2) is 0 Å². The molecule has 62 valence electrons. The van der Waals surface area contributed by atoms with Crippen molar-refractivity contribution in [2.75, 3.05) is 13.2 Å². The highest BCUT2D eigenvalue weighted by Gasteiger charge is 2.21. The number of ether oxygens (including phenoxy) is 2. The van der Waals surface area contributed by atoms with Gasteiger partial charge in [-0.05, 0) is 13.3 Å². The van der Waals surface area contributed by atoms with Crippen LogP contribution >= 0.6 is 0 Å². The van der Waals surface area contributed by atoms with E-state index in [2.05, 4.69) is 5.92 Å². The van der Waals surface area contributed by atoms with Crippen LogP contribution in [0.4, 0.5) is 0 Å². The average Bonchev–Trinajstić information content (AvgIpc) is 2.03. The zero-order valence-corrected chi connectivity index (χ0v) is 6.88. The smallest absolute Gasteiger partial charge is 0.0844 e. The Kier molecular flexibility index (Phi) is 3.41. The number of terminal acetylenes is 1. The van der Waals surface area contributed by atoms with Gasteiger partial charge in [-0.1, -0.05) is 0 Å². The largest absolute Gasteiger partial charge is 0.373 e. The first kappa shape index (κ1) is 8.58. The molecule has 1 fully saturated rings. The van der Waals surface area contributed by atoms with Crippen molar-refractivity contribution in [3.8, 4) is 12.3 Å². The molecule has 1 rings (SSSR count). The topological polar surface area (TPSA) is 18.5 Å². The molecule has 2 nitrogen and oxygen atoms in total. The van der Waals surface area contributed by atoms with E-state index in [1.165, 1.54) is 0 Å². The molecule has 0 aliphatic carbocycles. The second-order valence-corrected chi connectivity index (χ2v) is 2.73. The molecule has 2 atom stereocenters. The summed E-state index contributed by atoms with van der Waals surface area (Å²) in [5.41, 5.74) is 0. The zero-order chi connectivity index (χ0) is 8.10. The Morgan fingerprint density at radius 1 is 1.45 bits per heavy atom. The normalized spacial score (nSPS) is 31.3. The molecule has 11 heavy (non-hydrogen) atoms. The minimum atomic E-state index is 0.206. The number of hydrogen-bond acceptors (Lipinski definition) is 2. The van der Waals surface area contributed by atoms with E-state index in [0.29, 0.717) is 13.2 Å². The Bertz CT molecular complexity index is 148. The first-order valence-electron chi connectivity index (χ1n) is 4.01. The maximum Gasteiger partial charge on any atom is 0.0844 e. The van der Waals surface area contributed by atoms with Gasteiger partial charge >= 0.3 is 0 Å². The lowest BCUT2D eigenvalue weighted by molar-refractivity contribution is -0.134. The molecule has 0 aromatic carbocycles. The molecular weight excluding hydrogens is 140 g/mol. The number of rotatable bonds is 2. The highest BCUT2D eigenvalue weighted by atomic mass is 16.6. The first-order valence-corrected chi connectivity index (χ1v) is 4.01. The van der Waals surface area contributed by atoms with Crippen LogP contribution in [-0.4, -0.2) is 25.4 Å². The van der Waals surface area contributed by atoms with Crippen LogP contribution in [0, 0.1) is 12.3 Å². The average molecular weight is 154 g/mol. The summed E-state index contributed by atoms with van der Waals surface area (Å²) in [6.45, 7) is 3.45. The molecule has 0 spiro atoms. The summed E-state index contributed by atoms with van der Waals surface area (Å²) in [7, 11) is 0. The van der Waals surface area contributed by atoms with E-state index >= 15 is 0 Å². The maximum absolute atomic E-state index is 5.47. The summed E-state index contributed by atoms with van der Waals surface area (Å²) in [4.78, 5) is 0. The summed E-state index contributed by atoms with van der Waals surface area (Å²) in [5, 5.41) is 0. The van der Waals surface area contributed by atoms with Gasteiger partial charge in [0.2, 0.25) is 0 Å². The van der Waals surface area contributed by atoms with E-state index in [4.69, 9.17) is 15.9 Å². The van der Waals surface area contributed by atoms with Crippen LogP contribution in [0.3, 0.4) is 0 Å². The molecule has 1 saturated heterocycles. The monoisotopic (exact) mass is 154 g/mol. The molecule has 0 radical (unpaired) electrons. The van der Waals surface area contributed by atoms with E-state index in [1.807, 2.05) is 6.92 Å². The predicted octanol–water partition coefficient (Wildman–Crippen LogP) is 1.20. The number of hydrogen-bond donors (Lipinski definition) is 0. The quantitative estimate of drug-likeness (QED) is 0.556. The summed E-state index contributed by atoms with van der Waals surface area (Å²) in [6.07, 6.45) is 7.25. The van der Waals surface area contributed by atoms with Crippen molar-refractivity contribution < 1.29 is 9.47 Å². The SMILES string of the molecule is C#CCCC1OCCOC1C. The van der Waals surface area contributed by atoms with Crippen molar-refractivity contribution in [3.63, 3.8) is 0 Å². The van der Waals surface area contributed by atoms with Crippen LogP contribution in [0.25, 0.3) is 0 Å². The lowest BCUT2D eigenvalue weighted by Crippen LogP contribution is -2.36. The summed E-state index contributed by atoms with van der Waals surface area (Å²) in [5.74, 6) is 2.60. The van der Waals surface area contributed by atoms with Gasteiger partial charge < -0.3 is 9.47 Å². The fourth-order valence-corrected chi connectivity index (χ4v) is 1.22. The van der Waals surface area contributed by atoms with E-state index in [9.17, 15) is 0 Å². The fourth-order valence-electron chi connectivity index (χ4n) is 1.22. The fraction of sp³-hybridized carbons (Fsp3) is 0.778. The second-order valence-electron chi connectivity index (χ2n) is 2.73. The molecule has 0 aromatic rings. The molecule has 2 unspecified atom stereocenters. The van der Waals surface area contributed by atoms with E-state index in [1.54, 1.807) is 0 Å². The lowest BCUT2D eigenvalue weighted by atomic mass is 10.1. The summed E-state index contributed by atoms with van der Waals surface area (Å²) < 4.78 is 10.9. The summed E-state index contributed by atoms with van der Waals surface area (Å²) >= 11 is 0. The predicted molar refractivity (Wildman–Crippen MR) is 43.2 cm³/mol. The van der Waals surface area contributed by atoms with Gasteiger partial charge in [0, 0.05) is 6.42 Å². The molecular formula is C9H14O2. The van der Waals surface area contributed by atoms with Crippen molar-refractivity contribution in [3.05, 3.63) is 0 Å². The molecule has 2 heteroatoms. The Labute approximate surface area is 67.9 Å².